The van der Waals surface area contributed by atoms with Crippen LogP contribution >= 0.6 is 0 Å². The van der Waals surface area contributed by atoms with E-state index in [2.05, 4.69) is 27.7 Å². The van der Waals surface area contributed by atoms with E-state index in [1.807, 2.05) is 13.8 Å². The third-order valence-corrected chi connectivity index (χ3v) is 21.2. The zero-order chi connectivity index (χ0) is 73.0. The van der Waals surface area contributed by atoms with Gasteiger partial charge < -0.3 is 28.4 Å². The van der Waals surface area contributed by atoms with Gasteiger partial charge in [0.15, 0.2) is 0 Å². The fraction of sp³-hybridized carbons (Fsp3) is 0.932. The Morgan fingerprint density at radius 1 is 0.160 bits per heavy atom. The molecule has 0 amide bonds. The van der Waals surface area contributed by atoms with Gasteiger partial charge in [0.1, 0.15) is 39.6 Å². The number of rotatable bonds is 81. The molecule has 0 bridgehead atoms. The highest BCUT2D eigenvalue weighted by atomic mass is 16.6. The van der Waals surface area contributed by atoms with Gasteiger partial charge in [0.25, 0.3) is 0 Å². The van der Waals surface area contributed by atoms with Crippen LogP contribution in [0.4, 0.5) is 0 Å². The molecule has 0 heterocycles. The second-order valence-corrected chi connectivity index (χ2v) is 31.0. The van der Waals surface area contributed by atoms with Crippen molar-refractivity contribution in [3.63, 3.8) is 0 Å². The normalized spacial score (nSPS) is 11.7. The summed E-state index contributed by atoms with van der Waals surface area (Å²) in [6.45, 7) is 12.3. The van der Waals surface area contributed by atoms with Crippen molar-refractivity contribution in [2.45, 2.75) is 478 Å². The molecule has 0 saturated carbocycles. The van der Waals surface area contributed by atoms with Crippen LogP contribution in [0, 0.1) is 10.8 Å². The lowest BCUT2D eigenvalue weighted by Gasteiger charge is -2.31. The van der Waals surface area contributed by atoms with E-state index in [4.69, 9.17) is 28.4 Å². The Morgan fingerprint density at radius 2 is 0.270 bits per heavy atom. The minimum atomic E-state index is -0.973. The van der Waals surface area contributed by atoms with Gasteiger partial charge in [0, 0.05) is 25.7 Å². The number of ether oxygens (including phenoxy) is 6. The molecule has 0 atom stereocenters. The summed E-state index contributed by atoms with van der Waals surface area (Å²) in [5.41, 5.74) is -1.95. The monoisotopic (exact) mass is 1420 g/mol. The first-order valence-electron chi connectivity index (χ1n) is 43.9. The molecule has 0 unspecified atom stereocenters. The van der Waals surface area contributed by atoms with Gasteiger partial charge in [0.2, 0.25) is 0 Å². The zero-order valence-corrected chi connectivity index (χ0v) is 67.2. The van der Waals surface area contributed by atoms with E-state index in [1.165, 1.54) is 308 Å². The molecule has 0 aliphatic rings. The number of carbonyl (C=O) groups is 6. The van der Waals surface area contributed by atoms with Crippen molar-refractivity contribution in [2.24, 2.45) is 10.8 Å². The summed E-state index contributed by atoms with van der Waals surface area (Å²) in [7, 11) is 0. The molecule has 12 heteroatoms. The van der Waals surface area contributed by atoms with Gasteiger partial charge in [-0.2, -0.15) is 0 Å². The highest BCUT2D eigenvalue weighted by molar-refractivity contribution is 5.77. The fourth-order valence-corrected chi connectivity index (χ4v) is 13.5. The number of esters is 6. The minimum absolute atomic E-state index is 0.0736. The molecule has 0 aromatic rings. The molecule has 12 nitrogen and oxygen atoms in total. The van der Waals surface area contributed by atoms with Crippen LogP contribution in [0.2, 0.25) is 0 Å². The zero-order valence-electron chi connectivity index (χ0n) is 67.2. The number of hydrogen-bond acceptors (Lipinski definition) is 12. The van der Waals surface area contributed by atoms with E-state index in [1.54, 1.807) is 0 Å². The van der Waals surface area contributed by atoms with E-state index >= 15 is 0 Å². The first-order chi connectivity index (χ1) is 48.9. The van der Waals surface area contributed by atoms with Gasteiger partial charge in [-0.25, -0.2) is 0 Å². The van der Waals surface area contributed by atoms with E-state index in [0.717, 1.165) is 77.0 Å². The molecule has 100 heavy (non-hydrogen) atoms. The second kappa shape index (κ2) is 75.5. The van der Waals surface area contributed by atoms with Crippen molar-refractivity contribution in [2.75, 3.05) is 39.6 Å². The quantitative estimate of drug-likeness (QED) is 0.0323. The topological polar surface area (TPSA) is 158 Å². The maximum Gasteiger partial charge on any atom is 0.306 e. The lowest BCUT2D eigenvalue weighted by molar-refractivity contribution is -0.167. The van der Waals surface area contributed by atoms with Crippen LogP contribution in [0.3, 0.4) is 0 Å². The van der Waals surface area contributed by atoms with Gasteiger partial charge in [-0.3, -0.25) is 28.8 Å². The van der Waals surface area contributed by atoms with Crippen LogP contribution in [0.25, 0.3) is 0 Å². The molecule has 0 N–H and O–H groups in total. The van der Waals surface area contributed by atoms with E-state index in [0.29, 0.717) is 38.5 Å². The Kier molecular flexibility index (Phi) is 73.1. The van der Waals surface area contributed by atoms with Crippen LogP contribution in [-0.2, 0) is 57.2 Å². The molecular formula is C88H166O12. The van der Waals surface area contributed by atoms with Crippen molar-refractivity contribution in [3.05, 3.63) is 0 Å². The molecule has 0 spiro atoms. The highest BCUT2D eigenvalue weighted by Gasteiger charge is 2.36. The van der Waals surface area contributed by atoms with Crippen molar-refractivity contribution in [3.8, 4) is 0 Å². The first kappa shape index (κ1) is 96.8. The molecule has 590 valence electrons. The van der Waals surface area contributed by atoms with Crippen molar-refractivity contribution in [1.82, 2.24) is 0 Å². The van der Waals surface area contributed by atoms with Crippen LogP contribution in [0.15, 0.2) is 0 Å². The highest BCUT2D eigenvalue weighted by Crippen LogP contribution is 2.29. The molecule has 0 aromatic carbocycles. The van der Waals surface area contributed by atoms with E-state index < -0.39 is 22.8 Å². The largest absolute Gasteiger partial charge is 0.465 e. The number of carbonyl (C=O) groups excluding carboxylic acids is 6. The second-order valence-electron chi connectivity index (χ2n) is 31.0. The summed E-state index contributed by atoms with van der Waals surface area (Å²) in [6.07, 6.45) is 75.8. The van der Waals surface area contributed by atoms with Crippen molar-refractivity contribution >= 4 is 35.8 Å². The average molecular weight is 1420 g/mol. The summed E-state index contributed by atoms with van der Waals surface area (Å²) in [4.78, 5) is 79.8. The Balaban J connectivity index is 5.49. The molecule has 0 saturated heterocycles. The lowest BCUT2D eigenvalue weighted by atomic mass is 9.87. The maximum atomic E-state index is 13.5. The predicted octanol–water partition coefficient (Wildman–Crippen LogP) is 26.9. The lowest BCUT2D eigenvalue weighted by Crippen LogP contribution is -2.39. The van der Waals surface area contributed by atoms with Gasteiger partial charge in [-0.1, -0.05) is 401 Å². The Labute approximate surface area is 618 Å². The fourth-order valence-electron chi connectivity index (χ4n) is 13.5. The molecule has 0 rings (SSSR count). The van der Waals surface area contributed by atoms with E-state index in [9.17, 15) is 28.8 Å². The van der Waals surface area contributed by atoms with Gasteiger partial charge in [-0.05, 0) is 38.5 Å². The van der Waals surface area contributed by atoms with Gasteiger partial charge in [-0.15, -0.1) is 0 Å². The van der Waals surface area contributed by atoms with Crippen molar-refractivity contribution in [1.29, 1.82) is 0 Å². The van der Waals surface area contributed by atoms with Gasteiger partial charge in [0.05, 0.1) is 23.7 Å². The standard InChI is InChI=1S/C88H166O12/c1-7-13-17-21-25-29-33-37-41-45-49-53-57-61-65-69-81(89)95-75-87(11-5,76-96-82(90)70-66-62-58-54-50-46-42-38-34-30-26-22-18-14-8-2)79-99-85(93)73-74-86(94)100-80-88(12-6,77-97-83(91)71-67-63-59-55-51-47-43-39-35-31-27-23-19-15-9-3)78-98-84(92)72-68-64-60-56-52-48-44-40-36-32-28-24-20-16-10-4/h7-80H2,1-6H3. The first-order valence-corrected chi connectivity index (χ1v) is 43.9. The van der Waals surface area contributed by atoms with E-state index in [-0.39, 0.29) is 76.4 Å². The summed E-state index contributed by atoms with van der Waals surface area (Å²) in [5, 5.41) is 0. The Hall–Kier alpha value is -3.18. The third-order valence-electron chi connectivity index (χ3n) is 21.2. The minimum Gasteiger partial charge on any atom is -0.465 e. The number of unbranched alkanes of at least 4 members (excludes halogenated alkanes) is 56. The molecule has 0 radical (unpaired) electrons. The van der Waals surface area contributed by atoms with Crippen LogP contribution in [0.5, 0.6) is 0 Å². The SMILES string of the molecule is CCCCCCCCCCCCCCCCCC(=O)OCC(CC)(COC(=O)CCCCCCCCCCCCCCCCC)COC(=O)CCC(=O)OCC(CC)(COC(=O)CCCCCCCCCCCCCCCCC)COC(=O)CCCCCCCCCCCCCCCCC. The molecule has 0 fully saturated rings. The molecule has 0 aliphatic heterocycles. The molecule has 0 aliphatic carbocycles. The summed E-state index contributed by atoms with van der Waals surface area (Å²) in [5.74, 6) is -2.55. The van der Waals surface area contributed by atoms with Crippen LogP contribution < -0.4 is 0 Å². The average Bonchev–Trinajstić information content (AvgIpc) is 0.882. The van der Waals surface area contributed by atoms with Gasteiger partial charge >= 0.3 is 35.8 Å². The van der Waals surface area contributed by atoms with Crippen LogP contribution in [0.1, 0.15) is 478 Å². The van der Waals surface area contributed by atoms with Crippen LogP contribution in [-0.4, -0.2) is 75.5 Å². The predicted molar refractivity (Wildman–Crippen MR) is 419 cm³/mol. The maximum absolute atomic E-state index is 13.5. The third kappa shape index (κ3) is 66.8. The Morgan fingerprint density at radius 3 is 0.390 bits per heavy atom. The smallest absolute Gasteiger partial charge is 0.306 e. The summed E-state index contributed by atoms with van der Waals surface area (Å²) >= 11 is 0. The number of hydrogen-bond donors (Lipinski definition) is 0. The molecular weight excluding hydrogens is 1250 g/mol. The summed E-state index contributed by atoms with van der Waals surface area (Å²) < 4.78 is 35.2. The summed E-state index contributed by atoms with van der Waals surface area (Å²) in [6, 6.07) is 0. The Bertz CT molecular complexity index is 1590. The molecule has 0 aromatic heterocycles. The van der Waals surface area contributed by atoms with Crippen molar-refractivity contribution < 1.29 is 57.2 Å².